The summed E-state index contributed by atoms with van der Waals surface area (Å²) in [4.78, 5) is 36.7. The predicted molar refractivity (Wildman–Crippen MR) is 67.3 cm³/mol. The molecule has 2 amide bonds. The first-order valence-corrected chi connectivity index (χ1v) is 6.16. The monoisotopic (exact) mass is 300 g/mol. The van der Waals surface area contributed by atoms with Gasteiger partial charge in [-0.3, -0.25) is 4.79 Å². The van der Waals surface area contributed by atoms with Gasteiger partial charge in [-0.15, -0.1) is 0 Å². The van der Waals surface area contributed by atoms with Gasteiger partial charge in [0.25, 0.3) is 0 Å². The highest BCUT2D eigenvalue weighted by molar-refractivity contribution is 5.82. The number of hydrogen-bond donors (Lipinski definition) is 4. The van der Waals surface area contributed by atoms with Crippen molar-refractivity contribution in [3.05, 3.63) is 11.7 Å². The van der Waals surface area contributed by atoms with Gasteiger partial charge in [0.1, 0.15) is 6.04 Å². The van der Waals surface area contributed by atoms with E-state index in [9.17, 15) is 14.4 Å². The van der Waals surface area contributed by atoms with Crippen LogP contribution in [0.3, 0.4) is 0 Å². The molecule has 0 unspecified atom stereocenters. The van der Waals surface area contributed by atoms with Crippen LogP contribution in [0.4, 0.5) is 4.79 Å². The fourth-order valence-electron chi connectivity index (χ4n) is 1.49. The standard InChI is InChI=1S/C11H16N4O6/c1-6-13-8(21-15-6)5-12-11(20)14-7(10(18)19)3-2-4-9(16)17/h7H,2-5H2,1H3,(H,16,17)(H,18,19)(H2,12,14,20)/t7-/m1/s1. The third kappa shape index (κ3) is 6.36. The summed E-state index contributed by atoms with van der Waals surface area (Å²) in [6, 6.07) is -1.87. The van der Waals surface area contributed by atoms with Crippen LogP contribution in [0.2, 0.25) is 0 Å². The van der Waals surface area contributed by atoms with Crippen LogP contribution in [-0.2, 0) is 16.1 Å². The summed E-state index contributed by atoms with van der Waals surface area (Å²) in [5.41, 5.74) is 0. The summed E-state index contributed by atoms with van der Waals surface area (Å²) < 4.78 is 4.77. The quantitative estimate of drug-likeness (QED) is 0.518. The molecule has 0 aliphatic heterocycles. The minimum absolute atomic E-state index is 0.0225. The highest BCUT2D eigenvalue weighted by Gasteiger charge is 2.20. The molecule has 1 heterocycles. The maximum absolute atomic E-state index is 11.5. The van der Waals surface area contributed by atoms with Gasteiger partial charge in [0, 0.05) is 6.42 Å². The molecule has 0 bridgehead atoms. The van der Waals surface area contributed by atoms with Crippen LogP contribution >= 0.6 is 0 Å². The van der Waals surface area contributed by atoms with Crippen LogP contribution in [0.15, 0.2) is 4.52 Å². The number of carbonyl (C=O) groups is 3. The van der Waals surface area contributed by atoms with E-state index in [1.165, 1.54) is 0 Å². The van der Waals surface area contributed by atoms with Crippen molar-refractivity contribution in [2.45, 2.75) is 38.8 Å². The third-order valence-corrected chi connectivity index (χ3v) is 2.46. The largest absolute Gasteiger partial charge is 0.481 e. The average molecular weight is 300 g/mol. The molecule has 0 aliphatic carbocycles. The molecule has 0 saturated carbocycles. The molecule has 0 radical (unpaired) electrons. The Morgan fingerprint density at radius 1 is 1.33 bits per heavy atom. The molecule has 116 valence electrons. The van der Waals surface area contributed by atoms with Crippen molar-refractivity contribution in [2.75, 3.05) is 0 Å². The number of aryl methyl sites for hydroxylation is 1. The number of carboxylic acid groups (broad SMARTS) is 2. The smallest absolute Gasteiger partial charge is 0.326 e. The van der Waals surface area contributed by atoms with Gasteiger partial charge in [-0.05, 0) is 19.8 Å². The molecule has 1 aromatic rings. The molecule has 10 heteroatoms. The summed E-state index contributed by atoms with van der Waals surface area (Å²) in [6.07, 6.45) is 0.0124. The first-order valence-electron chi connectivity index (χ1n) is 6.16. The molecular weight excluding hydrogens is 284 g/mol. The number of amides is 2. The van der Waals surface area contributed by atoms with Crippen molar-refractivity contribution in [2.24, 2.45) is 0 Å². The van der Waals surface area contributed by atoms with Gasteiger partial charge in [0.2, 0.25) is 5.89 Å². The van der Waals surface area contributed by atoms with Gasteiger partial charge in [0.15, 0.2) is 5.82 Å². The second-order valence-electron chi connectivity index (χ2n) is 4.24. The molecule has 0 aromatic carbocycles. The third-order valence-electron chi connectivity index (χ3n) is 2.46. The number of aromatic nitrogens is 2. The van der Waals surface area contributed by atoms with Crippen LogP contribution in [-0.4, -0.2) is 44.4 Å². The van der Waals surface area contributed by atoms with E-state index >= 15 is 0 Å². The van der Waals surface area contributed by atoms with Crippen molar-refractivity contribution >= 4 is 18.0 Å². The van der Waals surface area contributed by atoms with Crippen LogP contribution in [0, 0.1) is 6.92 Å². The highest BCUT2D eigenvalue weighted by Crippen LogP contribution is 2.02. The maximum atomic E-state index is 11.5. The van der Waals surface area contributed by atoms with E-state index in [-0.39, 0.29) is 31.7 Å². The number of carbonyl (C=O) groups excluding carboxylic acids is 1. The van der Waals surface area contributed by atoms with Gasteiger partial charge in [0.05, 0.1) is 6.54 Å². The maximum Gasteiger partial charge on any atom is 0.326 e. The molecule has 21 heavy (non-hydrogen) atoms. The molecule has 0 spiro atoms. The Morgan fingerprint density at radius 3 is 2.57 bits per heavy atom. The topological polar surface area (TPSA) is 155 Å². The fraction of sp³-hybridized carbons (Fsp3) is 0.545. The van der Waals surface area contributed by atoms with Gasteiger partial charge < -0.3 is 25.4 Å². The zero-order valence-electron chi connectivity index (χ0n) is 11.3. The Morgan fingerprint density at radius 2 is 2.05 bits per heavy atom. The number of rotatable bonds is 8. The van der Waals surface area contributed by atoms with Crippen LogP contribution < -0.4 is 10.6 Å². The number of urea groups is 1. The van der Waals surface area contributed by atoms with Crippen LogP contribution in [0.1, 0.15) is 31.0 Å². The number of nitrogens with zero attached hydrogens (tertiary/aromatic N) is 2. The summed E-state index contributed by atoms with van der Waals surface area (Å²) in [5, 5.41) is 25.6. The predicted octanol–water partition coefficient (Wildman–Crippen LogP) is -0.115. The van der Waals surface area contributed by atoms with Crippen LogP contribution in [0.25, 0.3) is 0 Å². The number of nitrogens with one attached hydrogen (secondary N) is 2. The Kier molecular flexibility index (Phi) is 6.11. The van der Waals surface area contributed by atoms with E-state index in [0.717, 1.165) is 0 Å². The molecular formula is C11H16N4O6. The van der Waals surface area contributed by atoms with E-state index in [0.29, 0.717) is 5.82 Å². The molecule has 1 atom stereocenters. The molecule has 10 nitrogen and oxygen atoms in total. The molecule has 0 saturated heterocycles. The SMILES string of the molecule is Cc1noc(CNC(=O)N[C@H](CCCC(=O)O)C(=O)O)n1. The summed E-state index contributed by atoms with van der Waals surface area (Å²) >= 11 is 0. The minimum atomic E-state index is -1.23. The molecule has 1 rings (SSSR count). The molecule has 0 aliphatic rings. The lowest BCUT2D eigenvalue weighted by molar-refractivity contribution is -0.140. The number of carboxylic acids is 2. The summed E-state index contributed by atoms with van der Waals surface area (Å²) in [5.74, 6) is -1.63. The summed E-state index contributed by atoms with van der Waals surface area (Å²) in [7, 11) is 0. The second-order valence-corrected chi connectivity index (χ2v) is 4.24. The van der Waals surface area contributed by atoms with Crippen molar-refractivity contribution < 1.29 is 29.1 Å². The fourth-order valence-corrected chi connectivity index (χ4v) is 1.49. The first-order chi connectivity index (χ1) is 9.88. The molecule has 4 N–H and O–H groups in total. The lowest BCUT2D eigenvalue weighted by Gasteiger charge is -2.14. The Hall–Kier alpha value is -2.65. The van der Waals surface area contributed by atoms with Gasteiger partial charge in [-0.25, -0.2) is 9.59 Å². The van der Waals surface area contributed by atoms with E-state index in [2.05, 4.69) is 20.8 Å². The molecule has 0 fully saturated rings. The van der Waals surface area contributed by atoms with E-state index < -0.39 is 24.0 Å². The van der Waals surface area contributed by atoms with Crippen molar-refractivity contribution in [3.8, 4) is 0 Å². The first kappa shape index (κ1) is 16.4. The Bertz CT molecular complexity index is 515. The zero-order chi connectivity index (χ0) is 15.8. The summed E-state index contributed by atoms with van der Waals surface area (Å²) in [6.45, 7) is 1.59. The lowest BCUT2D eigenvalue weighted by Crippen LogP contribution is -2.45. The number of hydrogen-bond acceptors (Lipinski definition) is 6. The van der Waals surface area contributed by atoms with Gasteiger partial charge in [-0.2, -0.15) is 4.98 Å². The Balaban J connectivity index is 2.37. The minimum Gasteiger partial charge on any atom is -0.481 e. The van der Waals surface area contributed by atoms with E-state index in [4.69, 9.17) is 14.7 Å². The van der Waals surface area contributed by atoms with Crippen molar-refractivity contribution in [3.63, 3.8) is 0 Å². The van der Waals surface area contributed by atoms with E-state index in [1.807, 2.05) is 0 Å². The van der Waals surface area contributed by atoms with E-state index in [1.54, 1.807) is 6.92 Å². The van der Waals surface area contributed by atoms with Crippen LogP contribution in [0.5, 0.6) is 0 Å². The second kappa shape index (κ2) is 7.82. The highest BCUT2D eigenvalue weighted by atomic mass is 16.5. The normalized spacial score (nSPS) is 11.7. The van der Waals surface area contributed by atoms with Crippen molar-refractivity contribution in [1.82, 2.24) is 20.8 Å². The Labute approximate surface area is 119 Å². The lowest BCUT2D eigenvalue weighted by atomic mass is 10.1. The number of aliphatic carboxylic acids is 2. The van der Waals surface area contributed by atoms with Crippen molar-refractivity contribution in [1.29, 1.82) is 0 Å². The van der Waals surface area contributed by atoms with Gasteiger partial charge >= 0.3 is 18.0 Å². The molecule has 1 aromatic heterocycles. The average Bonchev–Trinajstić information content (AvgIpc) is 2.80. The van der Waals surface area contributed by atoms with Gasteiger partial charge in [-0.1, -0.05) is 5.16 Å². The zero-order valence-corrected chi connectivity index (χ0v) is 11.3.